The number of aliphatic carboxylic acids is 1. The van der Waals surface area contributed by atoms with Gasteiger partial charge in [0.25, 0.3) is 0 Å². The van der Waals surface area contributed by atoms with Crippen LogP contribution in [0.1, 0.15) is 78.6 Å². The fraction of sp³-hybridized carbons (Fsp3) is 0.875. The zero-order valence-electron chi connectivity index (χ0n) is 14.2. The molecule has 0 aromatic heterocycles. The van der Waals surface area contributed by atoms with E-state index in [1.54, 1.807) is 0 Å². The SMILES string of the molecule is CCCCCCCCCC(=O)N[C@H](C(=O)[O-])[C@@H](C)CC.[Na+]. The number of carbonyl (C=O) groups is 2. The maximum absolute atomic E-state index is 11.7. The van der Waals surface area contributed by atoms with E-state index in [1.165, 1.54) is 25.7 Å². The average Bonchev–Trinajstić information content (AvgIpc) is 2.42. The van der Waals surface area contributed by atoms with Crippen LogP contribution in [0.3, 0.4) is 0 Å². The van der Waals surface area contributed by atoms with E-state index in [0.29, 0.717) is 12.8 Å². The van der Waals surface area contributed by atoms with E-state index in [-0.39, 0.29) is 41.4 Å². The van der Waals surface area contributed by atoms with Crippen molar-refractivity contribution in [3.05, 3.63) is 0 Å². The molecule has 0 saturated heterocycles. The smallest absolute Gasteiger partial charge is 0.548 e. The molecule has 0 saturated carbocycles. The van der Waals surface area contributed by atoms with E-state index in [4.69, 9.17) is 0 Å². The van der Waals surface area contributed by atoms with Crippen LogP contribution in [0, 0.1) is 5.92 Å². The first-order valence-corrected chi connectivity index (χ1v) is 8.03. The Hall–Kier alpha value is -0.0600. The van der Waals surface area contributed by atoms with Gasteiger partial charge in [-0.1, -0.05) is 65.7 Å². The summed E-state index contributed by atoms with van der Waals surface area (Å²) in [5.74, 6) is -1.46. The summed E-state index contributed by atoms with van der Waals surface area (Å²) >= 11 is 0. The molecule has 21 heavy (non-hydrogen) atoms. The third kappa shape index (κ3) is 12.2. The minimum absolute atomic E-state index is 0. The normalized spacial score (nSPS) is 13.1. The zero-order chi connectivity index (χ0) is 15.4. The Bertz CT molecular complexity index is 285. The van der Waals surface area contributed by atoms with Gasteiger partial charge in [0.1, 0.15) is 0 Å². The van der Waals surface area contributed by atoms with E-state index in [2.05, 4.69) is 12.2 Å². The molecule has 0 radical (unpaired) electrons. The van der Waals surface area contributed by atoms with Crippen LogP contribution in [0.25, 0.3) is 0 Å². The van der Waals surface area contributed by atoms with E-state index in [9.17, 15) is 14.7 Å². The number of carbonyl (C=O) groups excluding carboxylic acids is 2. The van der Waals surface area contributed by atoms with Gasteiger partial charge in [0.15, 0.2) is 0 Å². The molecule has 1 N–H and O–H groups in total. The molecule has 0 aromatic carbocycles. The van der Waals surface area contributed by atoms with Crippen molar-refractivity contribution in [1.29, 1.82) is 0 Å². The number of hydrogen-bond acceptors (Lipinski definition) is 3. The van der Waals surface area contributed by atoms with Crippen LogP contribution >= 0.6 is 0 Å². The number of hydrogen-bond donors (Lipinski definition) is 1. The largest absolute Gasteiger partial charge is 1.00 e. The molecular weight excluding hydrogens is 277 g/mol. The first-order valence-electron chi connectivity index (χ1n) is 8.03. The van der Waals surface area contributed by atoms with E-state index < -0.39 is 12.0 Å². The van der Waals surface area contributed by atoms with Gasteiger partial charge in [-0.3, -0.25) is 4.79 Å². The van der Waals surface area contributed by atoms with Gasteiger partial charge in [-0.25, -0.2) is 0 Å². The zero-order valence-corrected chi connectivity index (χ0v) is 16.2. The predicted molar refractivity (Wildman–Crippen MR) is 79.0 cm³/mol. The molecule has 0 bridgehead atoms. The Kier molecular flexibility index (Phi) is 16.4. The summed E-state index contributed by atoms with van der Waals surface area (Å²) in [6, 6.07) is -0.864. The van der Waals surface area contributed by atoms with Gasteiger partial charge >= 0.3 is 29.6 Å². The van der Waals surface area contributed by atoms with Gasteiger partial charge in [-0.05, 0) is 12.3 Å². The Morgan fingerprint density at radius 1 is 1.00 bits per heavy atom. The molecule has 118 valence electrons. The third-order valence-corrected chi connectivity index (χ3v) is 3.79. The number of amides is 1. The number of nitrogens with one attached hydrogen (secondary N) is 1. The summed E-state index contributed by atoms with van der Waals surface area (Å²) in [5.41, 5.74) is 0. The fourth-order valence-corrected chi connectivity index (χ4v) is 2.16. The standard InChI is InChI=1S/C16H31NO3.Na/c1-4-6-7-8-9-10-11-12-14(18)17-15(16(19)20)13(3)5-2;/h13,15H,4-12H2,1-3H3,(H,17,18)(H,19,20);/q;+1/p-1/t13-,15-;/m0./s1. The van der Waals surface area contributed by atoms with Crippen LogP contribution in [-0.2, 0) is 9.59 Å². The molecule has 5 heteroatoms. The molecule has 0 unspecified atom stereocenters. The number of rotatable bonds is 12. The van der Waals surface area contributed by atoms with Crippen LogP contribution < -0.4 is 40.0 Å². The van der Waals surface area contributed by atoms with Crippen molar-refractivity contribution < 1.29 is 44.3 Å². The summed E-state index contributed by atoms with van der Waals surface area (Å²) in [6.45, 7) is 5.91. The van der Waals surface area contributed by atoms with Crippen molar-refractivity contribution in [2.45, 2.75) is 84.6 Å². The number of carboxylic acid groups (broad SMARTS) is 1. The Morgan fingerprint density at radius 3 is 2.00 bits per heavy atom. The second-order valence-electron chi connectivity index (χ2n) is 5.62. The van der Waals surface area contributed by atoms with E-state index in [1.807, 2.05) is 13.8 Å². The van der Waals surface area contributed by atoms with Crippen molar-refractivity contribution in [2.24, 2.45) is 5.92 Å². The summed E-state index contributed by atoms with van der Waals surface area (Å²) in [7, 11) is 0. The summed E-state index contributed by atoms with van der Waals surface area (Å²) in [5, 5.41) is 13.6. The van der Waals surface area contributed by atoms with E-state index in [0.717, 1.165) is 19.3 Å². The van der Waals surface area contributed by atoms with Gasteiger partial charge in [-0.2, -0.15) is 0 Å². The van der Waals surface area contributed by atoms with Gasteiger partial charge in [-0.15, -0.1) is 0 Å². The van der Waals surface area contributed by atoms with Crippen molar-refractivity contribution in [2.75, 3.05) is 0 Å². The summed E-state index contributed by atoms with van der Waals surface area (Å²) in [4.78, 5) is 22.7. The van der Waals surface area contributed by atoms with Crippen molar-refractivity contribution in [3.63, 3.8) is 0 Å². The maximum Gasteiger partial charge on any atom is 1.00 e. The fourth-order valence-electron chi connectivity index (χ4n) is 2.16. The number of carboxylic acids is 1. The maximum atomic E-state index is 11.7. The third-order valence-electron chi connectivity index (χ3n) is 3.79. The van der Waals surface area contributed by atoms with E-state index >= 15 is 0 Å². The summed E-state index contributed by atoms with van der Waals surface area (Å²) in [6.07, 6.45) is 9.15. The molecule has 1 amide bonds. The average molecular weight is 307 g/mol. The van der Waals surface area contributed by atoms with Crippen LogP contribution in [-0.4, -0.2) is 17.9 Å². The number of unbranched alkanes of at least 4 members (excludes halogenated alkanes) is 6. The molecule has 0 fully saturated rings. The molecule has 0 aliphatic rings. The molecule has 0 spiro atoms. The quantitative estimate of drug-likeness (QED) is 0.387. The van der Waals surface area contributed by atoms with Crippen LogP contribution in [0.5, 0.6) is 0 Å². The van der Waals surface area contributed by atoms with Gasteiger partial charge < -0.3 is 15.2 Å². The first-order chi connectivity index (χ1) is 9.52. The first kappa shape index (κ1) is 23.2. The molecule has 4 nitrogen and oxygen atoms in total. The Balaban J connectivity index is 0. The minimum atomic E-state index is -1.19. The topological polar surface area (TPSA) is 69.2 Å². The minimum Gasteiger partial charge on any atom is -0.548 e. The van der Waals surface area contributed by atoms with Crippen molar-refractivity contribution in [1.82, 2.24) is 5.32 Å². The molecule has 0 heterocycles. The van der Waals surface area contributed by atoms with Crippen LogP contribution in [0.2, 0.25) is 0 Å². The molecule has 0 rings (SSSR count). The Morgan fingerprint density at radius 2 is 1.52 bits per heavy atom. The Labute approximate surface area is 151 Å². The molecule has 0 aliphatic carbocycles. The molecule has 0 aliphatic heterocycles. The van der Waals surface area contributed by atoms with Gasteiger partial charge in [0.05, 0.1) is 12.0 Å². The molecule has 2 atom stereocenters. The van der Waals surface area contributed by atoms with Crippen molar-refractivity contribution >= 4 is 11.9 Å². The van der Waals surface area contributed by atoms with Crippen LogP contribution in [0.15, 0.2) is 0 Å². The second-order valence-corrected chi connectivity index (χ2v) is 5.62. The molecule has 0 aromatic rings. The second kappa shape index (κ2) is 14.9. The summed E-state index contributed by atoms with van der Waals surface area (Å²) < 4.78 is 0. The monoisotopic (exact) mass is 307 g/mol. The predicted octanol–water partition coefficient (Wildman–Crippen LogP) is -0.588. The van der Waals surface area contributed by atoms with Gasteiger partial charge in [0.2, 0.25) is 5.91 Å². The van der Waals surface area contributed by atoms with Crippen LogP contribution in [0.4, 0.5) is 0 Å². The molecular formula is C16H30NNaO3. The van der Waals surface area contributed by atoms with Crippen molar-refractivity contribution in [3.8, 4) is 0 Å². The van der Waals surface area contributed by atoms with Gasteiger partial charge in [0, 0.05) is 6.42 Å².